The van der Waals surface area contributed by atoms with Crippen LogP contribution in [0.3, 0.4) is 0 Å². The van der Waals surface area contributed by atoms with Crippen molar-refractivity contribution in [1.29, 1.82) is 0 Å². The van der Waals surface area contributed by atoms with Gasteiger partial charge in [0.1, 0.15) is 0 Å². The van der Waals surface area contributed by atoms with Crippen LogP contribution >= 0.6 is 0 Å². The quantitative estimate of drug-likeness (QED) is 0.700. The maximum absolute atomic E-state index is 13.2. The highest BCUT2D eigenvalue weighted by atomic mass is 32.2. The van der Waals surface area contributed by atoms with E-state index >= 15 is 0 Å². The number of rotatable bonds is 5. The third-order valence-electron chi connectivity index (χ3n) is 4.46. The van der Waals surface area contributed by atoms with Gasteiger partial charge in [0, 0.05) is 12.6 Å². The molecule has 0 spiro atoms. The van der Waals surface area contributed by atoms with Crippen molar-refractivity contribution in [3.05, 3.63) is 78.4 Å². The van der Waals surface area contributed by atoms with Crippen molar-refractivity contribution in [2.75, 3.05) is 0 Å². The van der Waals surface area contributed by atoms with Crippen molar-refractivity contribution < 1.29 is 8.42 Å². The van der Waals surface area contributed by atoms with Crippen LogP contribution in [-0.4, -0.2) is 18.8 Å². The minimum Gasteiger partial charge on any atom is -0.207 e. The Morgan fingerprint density at radius 3 is 2.21 bits per heavy atom. The number of hydrogen-bond donors (Lipinski definition) is 0. The summed E-state index contributed by atoms with van der Waals surface area (Å²) in [4.78, 5) is 0.379. The minimum atomic E-state index is -3.49. The molecule has 3 aromatic carbocycles. The number of hydrogen-bond acceptors (Lipinski definition) is 2. The topological polar surface area (TPSA) is 37.4 Å². The van der Waals surface area contributed by atoms with Gasteiger partial charge >= 0.3 is 0 Å². The Morgan fingerprint density at radius 2 is 1.50 bits per heavy atom. The Bertz CT molecular complexity index is 963. The van der Waals surface area contributed by atoms with Gasteiger partial charge in [0.15, 0.2) is 0 Å². The molecule has 0 unspecified atom stereocenters. The Labute approximate surface area is 142 Å². The van der Waals surface area contributed by atoms with Crippen LogP contribution in [0, 0.1) is 0 Å². The van der Waals surface area contributed by atoms with Crippen molar-refractivity contribution >= 4 is 20.8 Å². The molecule has 1 aliphatic carbocycles. The van der Waals surface area contributed by atoms with Crippen LogP contribution < -0.4 is 0 Å². The first kappa shape index (κ1) is 15.4. The fourth-order valence-electron chi connectivity index (χ4n) is 3.00. The average Bonchev–Trinajstić information content (AvgIpc) is 3.45. The zero-order valence-corrected chi connectivity index (χ0v) is 14.1. The molecule has 3 aromatic rings. The first-order valence-corrected chi connectivity index (χ1v) is 9.63. The number of benzene rings is 3. The van der Waals surface area contributed by atoms with E-state index < -0.39 is 10.0 Å². The van der Waals surface area contributed by atoms with E-state index in [0.717, 1.165) is 29.2 Å². The molecule has 4 heteroatoms. The third-order valence-corrected chi connectivity index (χ3v) is 6.36. The summed E-state index contributed by atoms with van der Waals surface area (Å²) in [6, 6.07) is 23.1. The SMILES string of the molecule is O=S(=O)(c1ccc2ccccc2c1)N(Cc1ccccc1)C1CC1. The summed E-state index contributed by atoms with van der Waals surface area (Å²) in [6.07, 6.45) is 1.89. The maximum Gasteiger partial charge on any atom is 0.243 e. The molecular weight excluding hydrogens is 318 g/mol. The lowest BCUT2D eigenvalue weighted by Crippen LogP contribution is -2.32. The molecule has 0 aliphatic heterocycles. The number of nitrogens with zero attached hydrogens (tertiary/aromatic N) is 1. The van der Waals surface area contributed by atoms with Crippen LogP contribution in [0.25, 0.3) is 10.8 Å². The van der Waals surface area contributed by atoms with Gasteiger partial charge < -0.3 is 0 Å². The molecule has 1 fully saturated rings. The second-order valence-corrected chi connectivity index (χ2v) is 8.17. The van der Waals surface area contributed by atoms with E-state index in [4.69, 9.17) is 0 Å². The molecule has 24 heavy (non-hydrogen) atoms. The van der Waals surface area contributed by atoms with Gasteiger partial charge in [-0.2, -0.15) is 4.31 Å². The van der Waals surface area contributed by atoms with Crippen molar-refractivity contribution in [3.8, 4) is 0 Å². The lowest BCUT2D eigenvalue weighted by Gasteiger charge is -2.22. The Balaban J connectivity index is 1.72. The predicted molar refractivity (Wildman–Crippen MR) is 96.1 cm³/mol. The highest BCUT2D eigenvalue weighted by molar-refractivity contribution is 7.89. The highest BCUT2D eigenvalue weighted by Crippen LogP contribution is 2.34. The molecule has 0 heterocycles. The first-order valence-electron chi connectivity index (χ1n) is 8.19. The second kappa shape index (κ2) is 6.04. The normalized spacial score (nSPS) is 15.0. The Kier molecular flexibility index (Phi) is 3.87. The van der Waals surface area contributed by atoms with Gasteiger partial charge in [0.05, 0.1) is 4.90 Å². The molecule has 0 N–H and O–H groups in total. The zero-order valence-electron chi connectivity index (χ0n) is 13.3. The lowest BCUT2D eigenvalue weighted by atomic mass is 10.1. The molecule has 0 radical (unpaired) electrons. The summed E-state index contributed by atoms with van der Waals surface area (Å²) in [5.74, 6) is 0. The molecule has 0 bridgehead atoms. The van der Waals surface area contributed by atoms with E-state index in [9.17, 15) is 8.42 Å². The van der Waals surface area contributed by atoms with Gasteiger partial charge in [-0.1, -0.05) is 60.7 Å². The molecule has 1 aliphatic rings. The number of sulfonamides is 1. The van der Waals surface area contributed by atoms with Crippen LogP contribution in [-0.2, 0) is 16.6 Å². The molecule has 0 aromatic heterocycles. The fourth-order valence-corrected chi connectivity index (χ4v) is 4.71. The van der Waals surface area contributed by atoms with Gasteiger partial charge in [-0.25, -0.2) is 8.42 Å². The van der Waals surface area contributed by atoms with Crippen LogP contribution in [0.5, 0.6) is 0 Å². The van der Waals surface area contributed by atoms with E-state index in [1.165, 1.54) is 0 Å². The molecule has 4 rings (SSSR count). The first-order chi connectivity index (χ1) is 11.6. The van der Waals surface area contributed by atoms with Crippen molar-refractivity contribution in [2.24, 2.45) is 0 Å². The summed E-state index contributed by atoms with van der Waals surface area (Å²) in [5, 5.41) is 2.01. The average molecular weight is 337 g/mol. The summed E-state index contributed by atoms with van der Waals surface area (Å²) in [7, 11) is -3.49. The van der Waals surface area contributed by atoms with Crippen LogP contribution in [0.1, 0.15) is 18.4 Å². The molecule has 0 amide bonds. The van der Waals surface area contributed by atoms with Crippen LogP contribution in [0.4, 0.5) is 0 Å². The monoisotopic (exact) mass is 337 g/mol. The fraction of sp³-hybridized carbons (Fsp3) is 0.200. The molecule has 0 saturated heterocycles. The molecule has 0 atom stereocenters. The summed E-state index contributed by atoms with van der Waals surface area (Å²) in [5.41, 5.74) is 1.02. The molecule has 3 nitrogen and oxygen atoms in total. The smallest absolute Gasteiger partial charge is 0.207 e. The van der Waals surface area contributed by atoms with Gasteiger partial charge in [-0.3, -0.25) is 0 Å². The number of fused-ring (bicyclic) bond motifs is 1. The third kappa shape index (κ3) is 2.95. The summed E-state index contributed by atoms with van der Waals surface area (Å²) in [6.45, 7) is 0.431. The maximum atomic E-state index is 13.2. The minimum absolute atomic E-state index is 0.127. The Hall–Kier alpha value is -2.17. The van der Waals surface area contributed by atoms with Crippen molar-refractivity contribution in [3.63, 3.8) is 0 Å². The van der Waals surface area contributed by atoms with E-state index in [-0.39, 0.29) is 6.04 Å². The van der Waals surface area contributed by atoms with E-state index in [0.29, 0.717) is 11.4 Å². The van der Waals surface area contributed by atoms with Gasteiger partial charge in [0.2, 0.25) is 10.0 Å². The molecule has 122 valence electrons. The predicted octanol–water partition coefficient (Wildman–Crippen LogP) is 4.19. The van der Waals surface area contributed by atoms with Crippen LogP contribution in [0.15, 0.2) is 77.7 Å². The van der Waals surface area contributed by atoms with E-state index in [1.807, 2.05) is 60.7 Å². The second-order valence-electron chi connectivity index (χ2n) is 6.28. The van der Waals surface area contributed by atoms with Gasteiger partial charge in [-0.05, 0) is 41.3 Å². The Morgan fingerprint density at radius 1 is 0.833 bits per heavy atom. The standard InChI is InChI=1S/C20H19NO2S/c22-24(23,20-13-10-17-8-4-5-9-18(17)14-20)21(19-11-12-19)15-16-6-2-1-3-7-16/h1-10,13-14,19H,11-12,15H2. The molecule has 1 saturated carbocycles. The van der Waals surface area contributed by atoms with Crippen molar-refractivity contribution in [2.45, 2.75) is 30.3 Å². The van der Waals surface area contributed by atoms with Crippen molar-refractivity contribution in [1.82, 2.24) is 4.31 Å². The van der Waals surface area contributed by atoms with Gasteiger partial charge in [0.25, 0.3) is 0 Å². The largest absolute Gasteiger partial charge is 0.243 e. The lowest BCUT2D eigenvalue weighted by molar-refractivity contribution is 0.398. The highest BCUT2D eigenvalue weighted by Gasteiger charge is 2.38. The van der Waals surface area contributed by atoms with Crippen LogP contribution in [0.2, 0.25) is 0 Å². The van der Waals surface area contributed by atoms with Gasteiger partial charge in [-0.15, -0.1) is 0 Å². The molecular formula is C20H19NO2S. The van der Waals surface area contributed by atoms with E-state index in [1.54, 1.807) is 16.4 Å². The summed E-state index contributed by atoms with van der Waals surface area (Å²) < 4.78 is 28.0. The summed E-state index contributed by atoms with van der Waals surface area (Å²) >= 11 is 0. The van der Waals surface area contributed by atoms with E-state index in [2.05, 4.69) is 0 Å². The zero-order chi connectivity index (χ0) is 16.6.